The fourth-order valence-corrected chi connectivity index (χ4v) is 6.71. The van der Waals surface area contributed by atoms with Crippen molar-refractivity contribution in [1.82, 2.24) is 14.5 Å². The van der Waals surface area contributed by atoms with Crippen molar-refractivity contribution in [3.8, 4) is 5.75 Å². The highest BCUT2D eigenvalue weighted by atomic mass is 32.2. The number of sulfonamides is 1. The van der Waals surface area contributed by atoms with Gasteiger partial charge in [0.15, 0.2) is 0 Å². The lowest BCUT2D eigenvalue weighted by Crippen LogP contribution is -2.35. The highest BCUT2D eigenvalue weighted by Crippen LogP contribution is 2.27. The van der Waals surface area contributed by atoms with Gasteiger partial charge in [0, 0.05) is 32.6 Å². The van der Waals surface area contributed by atoms with Crippen molar-refractivity contribution in [2.24, 2.45) is 0 Å². The van der Waals surface area contributed by atoms with Gasteiger partial charge in [0.2, 0.25) is 15.9 Å². The number of carbonyl (C=O) groups is 1. The summed E-state index contributed by atoms with van der Waals surface area (Å²) in [6.07, 6.45) is 7.34. The molecule has 1 N–H and O–H groups in total. The van der Waals surface area contributed by atoms with Gasteiger partial charge in [0.05, 0.1) is 12.0 Å². The molecule has 2 heterocycles. The number of methoxy groups -OCH3 is 1. The van der Waals surface area contributed by atoms with Crippen molar-refractivity contribution in [3.05, 3.63) is 59.2 Å². The Balaban J connectivity index is 1.36. The Morgan fingerprint density at radius 2 is 1.56 bits per heavy atom. The molecule has 0 radical (unpaired) electrons. The lowest BCUT2D eigenvalue weighted by atomic mass is 10.0. The van der Waals surface area contributed by atoms with Crippen LogP contribution in [0.3, 0.4) is 0 Å². The van der Waals surface area contributed by atoms with E-state index in [0.29, 0.717) is 31.8 Å². The van der Waals surface area contributed by atoms with E-state index in [9.17, 15) is 13.2 Å². The summed E-state index contributed by atoms with van der Waals surface area (Å²) in [6, 6.07) is 13.3. The minimum atomic E-state index is -3.54. The highest BCUT2D eigenvalue weighted by Gasteiger charge is 2.26. The van der Waals surface area contributed by atoms with Crippen LogP contribution in [0, 0.1) is 0 Å². The van der Waals surface area contributed by atoms with Gasteiger partial charge in [-0.1, -0.05) is 37.1 Å². The molecule has 2 aliphatic rings. The standard InChI is InChI=1S/C28H39N3O4S/c1-35-27-14-13-26(36(33,34)31-18-8-3-9-19-31)20-23(27)12-15-28(32)29-21-24-10-4-5-11-25(24)22-30-16-6-2-7-17-30/h4-5,10-11,13-14,20H,2-3,6-9,12,15-19,21-22H2,1H3,(H,29,32). The monoisotopic (exact) mass is 513 g/mol. The average Bonchev–Trinajstić information content (AvgIpc) is 2.92. The number of rotatable bonds is 10. The number of hydrogen-bond donors (Lipinski definition) is 1. The third-order valence-electron chi connectivity index (χ3n) is 7.26. The molecule has 2 aromatic rings. The molecule has 7 nitrogen and oxygen atoms in total. The number of amides is 1. The first kappa shape index (κ1) is 26.6. The average molecular weight is 514 g/mol. The predicted octanol–water partition coefficient (Wildman–Crippen LogP) is 4.10. The molecule has 36 heavy (non-hydrogen) atoms. The molecule has 4 rings (SSSR count). The zero-order valence-corrected chi connectivity index (χ0v) is 22.2. The van der Waals surface area contributed by atoms with Crippen LogP contribution >= 0.6 is 0 Å². The number of hydrogen-bond acceptors (Lipinski definition) is 5. The molecule has 2 aromatic carbocycles. The Kier molecular flexibility index (Phi) is 9.40. The maximum atomic E-state index is 13.1. The van der Waals surface area contributed by atoms with Gasteiger partial charge in [-0.3, -0.25) is 9.69 Å². The van der Waals surface area contributed by atoms with Crippen LogP contribution in [-0.2, 0) is 34.3 Å². The zero-order valence-electron chi connectivity index (χ0n) is 21.4. The van der Waals surface area contributed by atoms with E-state index in [2.05, 4.69) is 28.4 Å². The number of aryl methyl sites for hydroxylation is 1. The van der Waals surface area contributed by atoms with Crippen LogP contribution in [0.4, 0.5) is 0 Å². The summed E-state index contributed by atoms with van der Waals surface area (Å²) in [5, 5.41) is 3.06. The molecule has 0 atom stereocenters. The molecule has 8 heteroatoms. The number of ether oxygens (including phenoxy) is 1. The topological polar surface area (TPSA) is 79.0 Å². The molecule has 2 aliphatic heterocycles. The minimum absolute atomic E-state index is 0.0610. The van der Waals surface area contributed by atoms with Gasteiger partial charge < -0.3 is 10.1 Å². The summed E-state index contributed by atoms with van der Waals surface area (Å²) < 4.78 is 33.3. The van der Waals surface area contributed by atoms with Crippen LogP contribution < -0.4 is 10.1 Å². The van der Waals surface area contributed by atoms with Crippen molar-refractivity contribution in [3.63, 3.8) is 0 Å². The van der Waals surface area contributed by atoms with Crippen molar-refractivity contribution >= 4 is 15.9 Å². The molecule has 0 unspecified atom stereocenters. The molecule has 2 fully saturated rings. The SMILES string of the molecule is COc1ccc(S(=O)(=O)N2CCCCC2)cc1CCC(=O)NCc1ccccc1CN1CCCCC1. The number of nitrogens with one attached hydrogen (secondary N) is 1. The van der Waals surface area contributed by atoms with E-state index in [1.807, 2.05) is 6.07 Å². The first-order valence-electron chi connectivity index (χ1n) is 13.2. The van der Waals surface area contributed by atoms with Gasteiger partial charge >= 0.3 is 0 Å². The number of nitrogens with zero attached hydrogens (tertiary/aromatic N) is 2. The first-order chi connectivity index (χ1) is 17.5. The van der Waals surface area contributed by atoms with E-state index in [0.717, 1.165) is 50.0 Å². The smallest absolute Gasteiger partial charge is 0.243 e. The summed E-state index contributed by atoms with van der Waals surface area (Å²) in [7, 11) is -1.97. The molecule has 0 aromatic heterocycles. The maximum Gasteiger partial charge on any atom is 0.243 e. The summed E-state index contributed by atoms with van der Waals surface area (Å²) in [6.45, 7) is 4.80. The Morgan fingerprint density at radius 3 is 2.25 bits per heavy atom. The van der Waals surface area contributed by atoms with Crippen LogP contribution in [0.2, 0.25) is 0 Å². The van der Waals surface area contributed by atoms with Gasteiger partial charge in [0.25, 0.3) is 0 Å². The second-order valence-corrected chi connectivity index (χ2v) is 11.8. The zero-order chi connectivity index (χ0) is 25.4. The fourth-order valence-electron chi connectivity index (χ4n) is 5.14. The molecule has 1 amide bonds. The van der Waals surface area contributed by atoms with E-state index in [4.69, 9.17) is 4.74 Å². The highest BCUT2D eigenvalue weighted by molar-refractivity contribution is 7.89. The minimum Gasteiger partial charge on any atom is -0.496 e. The number of carbonyl (C=O) groups excluding carboxylic acids is 1. The Labute approximate surface area is 215 Å². The van der Waals surface area contributed by atoms with Crippen LogP contribution in [0.25, 0.3) is 0 Å². The first-order valence-corrected chi connectivity index (χ1v) is 14.6. The summed E-state index contributed by atoms with van der Waals surface area (Å²) in [5.41, 5.74) is 3.14. The van der Waals surface area contributed by atoms with Gasteiger partial charge in [0.1, 0.15) is 5.75 Å². The summed E-state index contributed by atoms with van der Waals surface area (Å²) in [4.78, 5) is 15.5. The summed E-state index contributed by atoms with van der Waals surface area (Å²) >= 11 is 0. The van der Waals surface area contributed by atoms with Gasteiger partial charge in [-0.15, -0.1) is 0 Å². The molecule has 0 aliphatic carbocycles. The Hall–Kier alpha value is -2.42. The van der Waals surface area contributed by atoms with E-state index in [1.165, 1.54) is 24.8 Å². The Morgan fingerprint density at radius 1 is 0.889 bits per heavy atom. The second-order valence-electron chi connectivity index (χ2n) is 9.82. The molecule has 0 spiro atoms. The summed E-state index contributed by atoms with van der Waals surface area (Å²) in [5.74, 6) is 0.543. The predicted molar refractivity (Wildman–Crippen MR) is 141 cm³/mol. The molecule has 196 valence electrons. The van der Waals surface area contributed by atoms with E-state index in [1.54, 1.807) is 29.6 Å². The normalized spacial score (nSPS) is 17.6. The van der Waals surface area contributed by atoms with Gasteiger partial charge in [-0.25, -0.2) is 8.42 Å². The van der Waals surface area contributed by atoms with Gasteiger partial charge in [-0.05, 0) is 80.1 Å². The third kappa shape index (κ3) is 6.87. The number of benzene rings is 2. The maximum absolute atomic E-state index is 13.1. The molecular weight excluding hydrogens is 474 g/mol. The van der Waals surface area contributed by atoms with Crippen LogP contribution in [0.5, 0.6) is 5.75 Å². The molecule has 0 bridgehead atoms. The number of piperidine rings is 2. The third-order valence-corrected chi connectivity index (χ3v) is 9.16. The van der Waals surface area contributed by atoms with E-state index >= 15 is 0 Å². The van der Waals surface area contributed by atoms with Crippen LogP contribution in [-0.4, -0.2) is 56.8 Å². The van der Waals surface area contributed by atoms with Crippen LogP contribution in [0.15, 0.2) is 47.4 Å². The molecule has 0 saturated carbocycles. The van der Waals surface area contributed by atoms with E-state index < -0.39 is 10.0 Å². The number of likely N-dealkylation sites (tertiary alicyclic amines) is 1. The van der Waals surface area contributed by atoms with Crippen LogP contribution in [0.1, 0.15) is 61.6 Å². The fraction of sp³-hybridized carbons (Fsp3) is 0.536. The largest absolute Gasteiger partial charge is 0.496 e. The van der Waals surface area contributed by atoms with Crippen molar-refractivity contribution < 1.29 is 17.9 Å². The van der Waals surface area contributed by atoms with Crippen molar-refractivity contribution in [1.29, 1.82) is 0 Å². The Bertz CT molecular complexity index is 1120. The quantitative estimate of drug-likeness (QED) is 0.517. The lowest BCUT2D eigenvalue weighted by Gasteiger charge is -2.27. The van der Waals surface area contributed by atoms with Crippen molar-refractivity contribution in [2.75, 3.05) is 33.3 Å². The second kappa shape index (κ2) is 12.7. The lowest BCUT2D eigenvalue weighted by molar-refractivity contribution is -0.121. The van der Waals surface area contributed by atoms with E-state index in [-0.39, 0.29) is 17.2 Å². The van der Waals surface area contributed by atoms with Crippen molar-refractivity contribution in [2.45, 2.75) is 69.4 Å². The molecule has 2 saturated heterocycles. The van der Waals surface area contributed by atoms with Gasteiger partial charge in [-0.2, -0.15) is 4.31 Å². The molecular formula is C28H39N3O4S.